The first kappa shape index (κ1) is 10.4. The van der Waals surface area contributed by atoms with Crippen LogP contribution in [0.1, 0.15) is 0 Å². The van der Waals surface area contributed by atoms with Gasteiger partial charge in [0.15, 0.2) is 9.84 Å². The molecular weight excluding hydrogens is 236 g/mol. The number of para-hydroxylation sites is 1. The number of furan rings is 1. The van der Waals surface area contributed by atoms with Gasteiger partial charge >= 0.3 is 0 Å². The van der Waals surface area contributed by atoms with E-state index in [1.807, 2.05) is 24.3 Å². The number of sulfone groups is 1. The van der Waals surface area contributed by atoms with E-state index in [2.05, 4.69) is 0 Å². The van der Waals surface area contributed by atoms with Crippen LogP contribution < -0.4 is 0 Å². The molecule has 0 radical (unpaired) electrons. The van der Waals surface area contributed by atoms with Crippen molar-refractivity contribution in [1.82, 2.24) is 0 Å². The molecule has 0 spiro atoms. The summed E-state index contributed by atoms with van der Waals surface area (Å²) < 4.78 is 28.5. The highest BCUT2D eigenvalue weighted by atomic mass is 32.2. The Kier molecular flexibility index (Phi) is 2.03. The summed E-state index contributed by atoms with van der Waals surface area (Å²) in [4.78, 5) is 0.282. The molecule has 0 N–H and O–H groups in total. The second-order valence-electron chi connectivity index (χ2n) is 4.03. The highest BCUT2D eigenvalue weighted by Crippen LogP contribution is 2.29. The Hall–Kier alpha value is -1.81. The zero-order valence-corrected chi connectivity index (χ0v) is 9.99. The van der Waals surface area contributed by atoms with Gasteiger partial charge in [0.05, 0.1) is 4.90 Å². The normalized spacial score (nSPS) is 12.3. The quantitative estimate of drug-likeness (QED) is 0.663. The first-order valence-corrected chi connectivity index (χ1v) is 7.06. The molecule has 0 aliphatic carbocycles. The van der Waals surface area contributed by atoms with Gasteiger partial charge in [0.1, 0.15) is 11.2 Å². The molecule has 0 saturated carbocycles. The molecule has 0 unspecified atom stereocenters. The van der Waals surface area contributed by atoms with Crippen LogP contribution in [0.2, 0.25) is 0 Å². The Morgan fingerprint density at radius 1 is 0.941 bits per heavy atom. The number of fused-ring (bicyclic) bond motifs is 3. The predicted molar refractivity (Wildman–Crippen MR) is 66.8 cm³/mol. The molecular formula is C13H10O3S. The number of hydrogen-bond acceptors (Lipinski definition) is 3. The van der Waals surface area contributed by atoms with E-state index in [0.717, 1.165) is 16.4 Å². The van der Waals surface area contributed by atoms with E-state index in [1.54, 1.807) is 18.2 Å². The van der Waals surface area contributed by atoms with E-state index in [-0.39, 0.29) is 4.90 Å². The van der Waals surface area contributed by atoms with Crippen molar-refractivity contribution in [1.29, 1.82) is 0 Å². The SMILES string of the molecule is CS(=O)(=O)c1ccc2c(c1)oc1ccccc12. The van der Waals surface area contributed by atoms with Crippen LogP contribution >= 0.6 is 0 Å². The van der Waals surface area contributed by atoms with Crippen molar-refractivity contribution in [2.45, 2.75) is 4.90 Å². The minimum atomic E-state index is -3.19. The van der Waals surface area contributed by atoms with Gasteiger partial charge in [-0.05, 0) is 18.2 Å². The lowest BCUT2D eigenvalue weighted by molar-refractivity contribution is 0.601. The van der Waals surface area contributed by atoms with Crippen molar-refractivity contribution in [3.63, 3.8) is 0 Å². The molecule has 1 aromatic heterocycles. The molecule has 0 bridgehead atoms. The first-order chi connectivity index (χ1) is 8.05. The Balaban J connectivity index is 2.42. The van der Waals surface area contributed by atoms with E-state index in [1.165, 1.54) is 6.26 Å². The average molecular weight is 246 g/mol. The molecule has 86 valence electrons. The molecule has 0 aliphatic heterocycles. The van der Waals surface area contributed by atoms with E-state index in [0.29, 0.717) is 5.58 Å². The van der Waals surface area contributed by atoms with Gasteiger partial charge in [-0.3, -0.25) is 0 Å². The number of benzene rings is 2. The Bertz CT molecular complexity index is 813. The third-order valence-corrected chi connectivity index (χ3v) is 3.89. The van der Waals surface area contributed by atoms with Gasteiger partial charge < -0.3 is 4.42 Å². The van der Waals surface area contributed by atoms with Gasteiger partial charge in [0.2, 0.25) is 0 Å². The molecule has 3 nitrogen and oxygen atoms in total. The van der Waals surface area contributed by atoms with Crippen molar-refractivity contribution in [3.8, 4) is 0 Å². The Morgan fingerprint density at radius 3 is 2.41 bits per heavy atom. The van der Waals surface area contributed by atoms with E-state index < -0.39 is 9.84 Å². The van der Waals surface area contributed by atoms with Gasteiger partial charge in [0.25, 0.3) is 0 Å². The monoisotopic (exact) mass is 246 g/mol. The zero-order chi connectivity index (χ0) is 12.0. The second-order valence-corrected chi connectivity index (χ2v) is 6.04. The summed E-state index contributed by atoms with van der Waals surface area (Å²) >= 11 is 0. The van der Waals surface area contributed by atoms with E-state index in [9.17, 15) is 8.42 Å². The summed E-state index contributed by atoms with van der Waals surface area (Å²) in [6.07, 6.45) is 1.19. The summed E-state index contributed by atoms with van der Waals surface area (Å²) in [6, 6.07) is 12.6. The topological polar surface area (TPSA) is 47.3 Å². The minimum Gasteiger partial charge on any atom is -0.456 e. The van der Waals surface area contributed by atoms with Crippen LogP contribution in [0.15, 0.2) is 51.8 Å². The van der Waals surface area contributed by atoms with Crippen LogP contribution in [0.4, 0.5) is 0 Å². The summed E-state index contributed by atoms with van der Waals surface area (Å²) in [5, 5.41) is 1.94. The first-order valence-electron chi connectivity index (χ1n) is 5.17. The molecule has 3 aromatic rings. The lowest BCUT2D eigenvalue weighted by Crippen LogP contribution is -1.95. The van der Waals surface area contributed by atoms with Crippen LogP contribution in [0.5, 0.6) is 0 Å². The molecule has 4 heteroatoms. The lowest BCUT2D eigenvalue weighted by Gasteiger charge is -1.96. The number of hydrogen-bond donors (Lipinski definition) is 0. The van der Waals surface area contributed by atoms with Crippen molar-refractivity contribution in [2.24, 2.45) is 0 Å². The Morgan fingerprint density at radius 2 is 1.65 bits per heavy atom. The summed E-state index contributed by atoms with van der Waals surface area (Å²) in [6.45, 7) is 0. The Labute approximate surface area is 98.6 Å². The second kappa shape index (κ2) is 3.34. The van der Waals surface area contributed by atoms with E-state index in [4.69, 9.17) is 4.42 Å². The molecule has 3 rings (SSSR count). The van der Waals surface area contributed by atoms with Gasteiger partial charge in [-0.1, -0.05) is 18.2 Å². The highest BCUT2D eigenvalue weighted by Gasteiger charge is 2.11. The fourth-order valence-electron chi connectivity index (χ4n) is 1.94. The average Bonchev–Trinajstić information content (AvgIpc) is 2.65. The van der Waals surface area contributed by atoms with Crippen LogP contribution in [0.3, 0.4) is 0 Å². The van der Waals surface area contributed by atoms with Crippen LogP contribution in [-0.2, 0) is 9.84 Å². The van der Waals surface area contributed by atoms with Crippen molar-refractivity contribution in [3.05, 3.63) is 42.5 Å². The molecule has 0 atom stereocenters. The lowest BCUT2D eigenvalue weighted by atomic mass is 10.2. The molecule has 0 aliphatic rings. The van der Waals surface area contributed by atoms with Crippen molar-refractivity contribution >= 4 is 31.8 Å². The smallest absolute Gasteiger partial charge is 0.175 e. The maximum absolute atomic E-state index is 11.5. The zero-order valence-electron chi connectivity index (χ0n) is 9.17. The van der Waals surface area contributed by atoms with Gasteiger partial charge in [-0.2, -0.15) is 0 Å². The van der Waals surface area contributed by atoms with Crippen LogP contribution in [0, 0.1) is 0 Å². The molecule has 2 aromatic carbocycles. The van der Waals surface area contributed by atoms with Crippen molar-refractivity contribution < 1.29 is 12.8 Å². The van der Waals surface area contributed by atoms with Gasteiger partial charge in [-0.15, -0.1) is 0 Å². The van der Waals surface area contributed by atoms with Crippen LogP contribution in [-0.4, -0.2) is 14.7 Å². The molecule has 0 fully saturated rings. The van der Waals surface area contributed by atoms with Crippen LogP contribution in [0.25, 0.3) is 21.9 Å². The fourth-order valence-corrected chi connectivity index (χ4v) is 2.57. The van der Waals surface area contributed by atoms with Gasteiger partial charge in [-0.25, -0.2) is 8.42 Å². The summed E-state index contributed by atoms with van der Waals surface area (Å²) in [5.74, 6) is 0. The fraction of sp³-hybridized carbons (Fsp3) is 0.0769. The highest BCUT2D eigenvalue weighted by molar-refractivity contribution is 7.90. The minimum absolute atomic E-state index is 0.282. The third-order valence-electron chi connectivity index (χ3n) is 2.78. The molecule has 17 heavy (non-hydrogen) atoms. The molecule has 0 saturated heterocycles. The maximum Gasteiger partial charge on any atom is 0.175 e. The van der Waals surface area contributed by atoms with E-state index >= 15 is 0 Å². The molecule has 0 amide bonds. The van der Waals surface area contributed by atoms with Crippen molar-refractivity contribution in [2.75, 3.05) is 6.26 Å². The maximum atomic E-state index is 11.5. The third kappa shape index (κ3) is 1.61. The summed E-state index contributed by atoms with van der Waals surface area (Å²) in [7, 11) is -3.19. The predicted octanol–water partition coefficient (Wildman–Crippen LogP) is 2.99. The number of rotatable bonds is 1. The standard InChI is InChI=1S/C13H10O3S/c1-17(14,15)9-6-7-11-10-4-2-3-5-12(10)16-13(11)8-9/h2-8H,1H3. The molecule has 1 heterocycles. The van der Waals surface area contributed by atoms with Gasteiger partial charge in [0, 0.05) is 23.1 Å². The summed E-state index contributed by atoms with van der Waals surface area (Å²) in [5.41, 5.74) is 1.38. The largest absolute Gasteiger partial charge is 0.456 e.